The van der Waals surface area contributed by atoms with Crippen LogP contribution < -0.4 is 10.1 Å². The van der Waals surface area contributed by atoms with Crippen molar-refractivity contribution in [2.24, 2.45) is 0 Å². The molecule has 1 atom stereocenters. The Morgan fingerprint density at radius 1 is 1.29 bits per heavy atom. The molecule has 0 bridgehead atoms. The van der Waals surface area contributed by atoms with E-state index < -0.39 is 0 Å². The number of aromatic amines is 1. The Kier molecular flexibility index (Phi) is 2.57. The Morgan fingerprint density at radius 3 is 2.88 bits per heavy atom. The average Bonchev–Trinajstić information content (AvgIpc) is 2.87. The summed E-state index contributed by atoms with van der Waals surface area (Å²) in [7, 11) is 1.68. The van der Waals surface area contributed by atoms with Gasteiger partial charge in [-0.05, 0) is 17.7 Å². The van der Waals surface area contributed by atoms with Crippen LogP contribution in [0.25, 0.3) is 0 Å². The minimum atomic E-state index is 0.191. The molecule has 0 aliphatic carbocycles. The lowest BCUT2D eigenvalue weighted by Crippen LogP contribution is -2.30. The molecule has 1 aliphatic rings. The minimum absolute atomic E-state index is 0.191. The first kappa shape index (κ1) is 10.4. The van der Waals surface area contributed by atoms with Gasteiger partial charge in [-0.25, -0.2) is 4.98 Å². The highest BCUT2D eigenvalue weighted by molar-refractivity contribution is 5.35. The van der Waals surface area contributed by atoms with Crippen molar-refractivity contribution >= 4 is 0 Å². The number of aromatic nitrogens is 2. The fraction of sp³-hybridized carbons (Fsp3) is 0.308. The van der Waals surface area contributed by atoms with Gasteiger partial charge in [-0.15, -0.1) is 0 Å². The van der Waals surface area contributed by atoms with E-state index in [0.717, 1.165) is 24.4 Å². The highest BCUT2D eigenvalue weighted by atomic mass is 16.5. The largest absolute Gasteiger partial charge is 0.497 e. The number of rotatable bonds is 2. The third-order valence-corrected chi connectivity index (χ3v) is 3.20. The first-order chi connectivity index (χ1) is 8.38. The number of hydrogen-bond acceptors (Lipinski definition) is 3. The summed E-state index contributed by atoms with van der Waals surface area (Å²) in [6.07, 6.45) is 2.79. The van der Waals surface area contributed by atoms with Gasteiger partial charge in [-0.2, -0.15) is 0 Å². The van der Waals surface area contributed by atoms with E-state index in [0.29, 0.717) is 0 Å². The average molecular weight is 229 g/mol. The van der Waals surface area contributed by atoms with Crippen molar-refractivity contribution in [3.8, 4) is 5.75 Å². The molecule has 2 aromatic rings. The number of ether oxygens (including phenoxy) is 1. The van der Waals surface area contributed by atoms with Gasteiger partial charge in [-0.1, -0.05) is 12.1 Å². The zero-order valence-electron chi connectivity index (χ0n) is 9.73. The van der Waals surface area contributed by atoms with Gasteiger partial charge in [0.1, 0.15) is 5.75 Å². The normalized spacial score (nSPS) is 18.8. The van der Waals surface area contributed by atoms with Crippen molar-refractivity contribution in [3.63, 3.8) is 0 Å². The van der Waals surface area contributed by atoms with Crippen molar-refractivity contribution in [2.75, 3.05) is 13.7 Å². The Hall–Kier alpha value is -1.81. The number of nitrogens with one attached hydrogen (secondary N) is 2. The molecule has 1 aromatic carbocycles. The van der Waals surface area contributed by atoms with Crippen LogP contribution in [0.5, 0.6) is 5.75 Å². The summed E-state index contributed by atoms with van der Waals surface area (Å²) >= 11 is 0. The fourth-order valence-electron chi connectivity index (χ4n) is 2.29. The maximum absolute atomic E-state index is 5.17. The van der Waals surface area contributed by atoms with Gasteiger partial charge in [0.15, 0.2) is 0 Å². The molecule has 0 saturated carbocycles. The molecule has 17 heavy (non-hydrogen) atoms. The van der Waals surface area contributed by atoms with Crippen LogP contribution in [0.1, 0.15) is 23.0 Å². The predicted molar refractivity (Wildman–Crippen MR) is 65.1 cm³/mol. The molecule has 1 aromatic heterocycles. The summed E-state index contributed by atoms with van der Waals surface area (Å²) in [4.78, 5) is 7.61. The molecule has 3 rings (SSSR count). The molecule has 0 amide bonds. The fourth-order valence-corrected chi connectivity index (χ4v) is 2.29. The third-order valence-electron chi connectivity index (χ3n) is 3.20. The molecule has 2 heterocycles. The number of imidazole rings is 1. The smallest absolute Gasteiger partial charge is 0.118 e. The number of benzene rings is 1. The number of methoxy groups -OCH3 is 1. The van der Waals surface area contributed by atoms with Gasteiger partial charge < -0.3 is 15.0 Å². The third kappa shape index (κ3) is 1.80. The number of hydrogen-bond donors (Lipinski definition) is 2. The lowest BCUT2D eigenvalue weighted by atomic mass is 9.98. The van der Waals surface area contributed by atoms with Crippen molar-refractivity contribution in [1.82, 2.24) is 15.3 Å². The summed E-state index contributed by atoms with van der Waals surface area (Å²) in [5.74, 6) is 0.881. The van der Waals surface area contributed by atoms with Crippen LogP contribution in [0.15, 0.2) is 30.6 Å². The van der Waals surface area contributed by atoms with Crippen LogP contribution >= 0.6 is 0 Å². The maximum Gasteiger partial charge on any atom is 0.118 e. The molecule has 1 unspecified atom stereocenters. The predicted octanol–water partition coefficient (Wildman–Crippen LogP) is 1.65. The quantitative estimate of drug-likeness (QED) is 0.823. The Labute approximate surface area is 100 Å². The highest BCUT2D eigenvalue weighted by Gasteiger charge is 2.23. The van der Waals surface area contributed by atoms with E-state index in [1.54, 1.807) is 13.4 Å². The summed E-state index contributed by atoms with van der Waals surface area (Å²) < 4.78 is 5.17. The SMILES string of the molecule is COc1ccc(C2NCCc3[nH]cnc32)cc1. The molecule has 88 valence electrons. The van der Waals surface area contributed by atoms with Crippen LogP contribution in [0, 0.1) is 0 Å². The van der Waals surface area contributed by atoms with Crippen LogP contribution in [-0.2, 0) is 6.42 Å². The van der Waals surface area contributed by atoms with E-state index in [1.165, 1.54) is 11.3 Å². The molecular weight excluding hydrogens is 214 g/mol. The Balaban J connectivity index is 1.95. The summed E-state index contributed by atoms with van der Waals surface area (Å²) in [5.41, 5.74) is 3.57. The number of nitrogens with zero attached hydrogens (tertiary/aromatic N) is 1. The first-order valence-electron chi connectivity index (χ1n) is 5.78. The standard InChI is InChI=1S/C13H15N3O/c1-17-10-4-2-9(3-5-10)12-13-11(6-7-14-12)15-8-16-13/h2-5,8,12,14H,6-7H2,1H3,(H,15,16). The number of H-pyrrole nitrogens is 1. The van der Waals surface area contributed by atoms with E-state index in [9.17, 15) is 0 Å². The molecule has 1 aliphatic heterocycles. The molecule has 0 saturated heterocycles. The lowest BCUT2D eigenvalue weighted by Gasteiger charge is -2.23. The van der Waals surface area contributed by atoms with E-state index >= 15 is 0 Å². The maximum atomic E-state index is 5.17. The zero-order chi connectivity index (χ0) is 11.7. The molecule has 0 spiro atoms. The van der Waals surface area contributed by atoms with Crippen LogP contribution in [0.3, 0.4) is 0 Å². The van der Waals surface area contributed by atoms with Crippen LogP contribution in [0.2, 0.25) is 0 Å². The van der Waals surface area contributed by atoms with Crippen molar-refractivity contribution in [1.29, 1.82) is 0 Å². The van der Waals surface area contributed by atoms with Crippen molar-refractivity contribution < 1.29 is 4.74 Å². The van der Waals surface area contributed by atoms with E-state index in [1.807, 2.05) is 12.1 Å². The van der Waals surface area contributed by atoms with Crippen molar-refractivity contribution in [3.05, 3.63) is 47.5 Å². The van der Waals surface area contributed by atoms with E-state index in [4.69, 9.17) is 4.74 Å². The van der Waals surface area contributed by atoms with Crippen LogP contribution in [-0.4, -0.2) is 23.6 Å². The summed E-state index contributed by atoms with van der Waals surface area (Å²) in [6, 6.07) is 8.33. The van der Waals surface area contributed by atoms with Crippen LogP contribution in [0.4, 0.5) is 0 Å². The van der Waals surface area contributed by atoms with E-state index in [-0.39, 0.29) is 6.04 Å². The van der Waals surface area contributed by atoms with Gasteiger partial charge in [0.2, 0.25) is 0 Å². The minimum Gasteiger partial charge on any atom is -0.497 e. The first-order valence-corrected chi connectivity index (χ1v) is 5.78. The highest BCUT2D eigenvalue weighted by Crippen LogP contribution is 2.27. The zero-order valence-corrected chi connectivity index (χ0v) is 9.73. The molecular formula is C13H15N3O. The van der Waals surface area contributed by atoms with E-state index in [2.05, 4.69) is 27.4 Å². The number of fused-ring (bicyclic) bond motifs is 1. The molecule has 2 N–H and O–H groups in total. The topological polar surface area (TPSA) is 49.9 Å². The molecule has 4 heteroatoms. The van der Waals surface area contributed by atoms with Gasteiger partial charge in [0.25, 0.3) is 0 Å². The van der Waals surface area contributed by atoms with Gasteiger partial charge in [0.05, 0.1) is 25.2 Å². The second kappa shape index (κ2) is 4.22. The van der Waals surface area contributed by atoms with Gasteiger partial charge >= 0.3 is 0 Å². The molecule has 0 fully saturated rings. The lowest BCUT2D eigenvalue weighted by molar-refractivity contribution is 0.414. The van der Waals surface area contributed by atoms with Gasteiger partial charge in [-0.3, -0.25) is 0 Å². The summed E-state index contributed by atoms with van der Waals surface area (Å²) in [6.45, 7) is 0.978. The second-order valence-corrected chi connectivity index (χ2v) is 4.18. The Morgan fingerprint density at radius 2 is 2.12 bits per heavy atom. The Bertz CT molecular complexity index is 504. The second-order valence-electron chi connectivity index (χ2n) is 4.18. The molecule has 0 radical (unpaired) electrons. The van der Waals surface area contributed by atoms with Crippen molar-refractivity contribution in [2.45, 2.75) is 12.5 Å². The molecule has 4 nitrogen and oxygen atoms in total. The monoisotopic (exact) mass is 229 g/mol. The van der Waals surface area contributed by atoms with Gasteiger partial charge in [0, 0.05) is 18.7 Å². The summed E-state index contributed by atoms with van der Waals surface area (Å²) in [5, 5.41) is 3.49.